The monoisotopic (exact) mass is 1220 g/mol. The summed E-state index contributed by atoms with van der Waals surface area (Å²) in [6.07, 6.45) is 0.630. The molecule has 0 spiro atoms. The molecule has 35 heteroatoms. The average molecular weight is 1230 g/mol. The number of guanidine groups is 4. The number of aliphatic hydroxyl groups is 1. The van der Waals surface area contributed by atoms with Gasteiger partial charge in [0.05, 0.1) is 6.10 Å². The lowest BCUT2D eigenvalue weighted by Gasteiger charge is -2.28. The van der Waals surface area contributed by atoms with Gasteiger partial charge in [-0.3, -0.25) is 67.9 Å². The second-order valence-electron chi connectivity index (χ2n) is 21.0. The molecule has 0 radical (unpaired) electrons. The van der Waals surface area contributed by atoms with Crippen LogP contribution < -0.4 is 111 Å². The molecule has 0 fully saturated rings. The lowest BCUT2D eigenvalue weighted by molar-refractivity contribution is -0.136. The van der Waals surface area contributed by atoms with Crippen LogP contribution in [0.5, 0.6) is 0 Å². The summed E-state index contributed by atoms with van der Waals surface area (Å²) < 4.78 is 0. The van der Waals surface area contributed by atoms with Crippen LogP contribution in [-0.4, -0.2) is 188 Å². The molecule has 0 bridgehead atoms. The zero-order valence-electron chi connectivity index (χ0n) is 50.4. The van der Waals surface area contributed by atoms with E-state index in [0.29, 0.717) is 32.1 Å². The van der Waals surface area contributed by atoms with E-state index in [4.69, 9.17) is 63.1 Å². The first kappa shape index (κ1) is 77.7. The van der Waals surface area contributed by atoms with E-state index < -0.39 is 120 Å². The lowest BCUT2D eigenvalue weighted by Crippen LogP contribution is -2.60. The first-order chi connectivity index (χ1) is 40.4. The summed E-state index contributed by atoms with van der Waals surface area (Å²) in [6, 6.07) is -12.0. The van der Waals surface area contributed by atoms with Crippen molar-refractivity contribution in [1.29, 1.82) is 0 Å². The van der Waals surface area contributed by atoms with Crippen LogP contribution in [0.2, 0.25) is 0 Å². The van der Waals surface area contributed by atoms with Crippen molar-refractivity contribution in [3.63, 3.8) is 0 Å². The highest BCUT2D eigenvalue weighted by Crippen LogP contribution is 2.12. The van der Waals surface area contributed by atoms with Crippen LogP contribution in [0.25, 0.3) is 0 Å². The van der Waals surface area contributed by atoms with E-state index in [-0.39, 0.29) is 133 Å². The zero-order chi connectivity index (χ0) is 65.5. The first-order valence-corrected chi connectivity index (χ1v) is 28.7. The third kappa shape index (κ3) is 35.1. The molecular formula is C51H100N24O11. The second-order valence-corrected chi connectivity index (χ2v) is 21.0. The molecule has 0 aliphatic heterocycles. The molecule has 0 aliphatic rings. The molecule has 0 aromatic carbocycles. The average Bonchev–Trinajstić information content (AvgIpc) is 2.89. The number of unbranched alkanes of at least 4 members (excludes halogenated alkanes) is 2. The molecule has 0 aliphatic carbocycles. The van der Waals surface area contributed by atoms with E-state index in [1.165, 1.54) is 20.8 Å². The molecule has 0 saturated carbocycles. The molecule has 0 unspecified atom stereocenters. The van der Waals surface area contributed by atoms with E-state index in [1.807, 2.05) is 0 Å². The van der Waals surface area contributed by atoms with Gasteiger partial charge < -0.3 is 116 Å². The van der Waals surface area contributed by atoms with E-state index >= 15 is 0 Å². The van der Waals surface area contributed by atoms with Crippen molar-refractivity contribution < 1.29 is 53.1 Å². The summed E-state index contributed by atoms with van der Waals surface area (Å²) in [5.41, 5.74) is 60.8. The van der Waals surface area contributed by atoms with Gasteiger partial charge in [0.1, 0.15) is 54.4 Å². The number of rotatable bonds is 45. The Morgan fingerprint density at radius 2 is 0.628 bits per heavy atom. The molecule has 10 atom stereocenters. The summed E-state index contributed by atoms with van der Waals surface area (Å²) >= 11 is 0. The van der Waals surface area contributed by atoms with Crippen LogP contribution in [0.1, 0.15) is 131 Å². The van der Waals surface area contributed by atoms with Gasteiger partial charge in [0.15, 0.2) is 23.8 Å². The van der Waals surface area contributed by atoms with Crippen molar-refractivity contribution in [2.45, 2.75) is 191 Å². The van der Waals surface area contributed by atoms with E-state index in [1.54, 1.807) is 13.8 Å². The zero-order valence-corrected chi connectivity index (χ0v) is 50.4. The molecule has 10 amide bonds. The molecule has 35 nitrogen and oxygen atoms in total. The highest BCUT2D eigenvalue weighted by Gasteiger charge is 2.35. The Kier molecular flexibility index (Phi) is 39.1. The van der Waals surface area contributed by atoms with Crippen molar-refractivity contribution in [3.8, 4) is 0 Å². The number of carbonyl (C=O) groups is 10. The minimum Gasteiger partial charge on any atom is -0.391 e. The molecule has 0 aromatic rings. The maximum atomic E-state index is 14.5. The summed E-state index contributed by atoms with van der Waals surface area (Å²) in [5, 5.41) is 33.6. The Bertz CT molecular complexity index is 2290. The maximum absolute atomic E-state index is 14.5. The number of aliphatic imine (C=N–C) groups is 4. The van der Waals surface area contributed by atoms with Crippen molar-refractivity contribution in [3.05, 3.63) is 0 Å². The van der Waals surface area contributed by atoms with Gasteiger partial charge in [-0.2, -0.15) is 0 Å². The first-order valence-electron chi connectivity index (χ1n) is 28.7. The number of hydrogen-bond acceptors (Lipinski definition) is 17. The second kappa shape index (κ2) is 43.3. The van der Waals surface area contributed by atoms with Gasteiger partial charge in [0, 0.05) is 33.1 Å². The number of nitrogens with zero attached hydrogens (tertiary/aromatic N) is 4. The van der Waals surface area contributed by atoms with Gasteiger partial charge in [0.2, 0.25) is 59.1 Å². The Hall–Kier alpha value is -8.34. The largest absolute Gasteiger partial charge is 0.391 e. The number of primary amides is 1. The lowest BCUT2D eigenvalue weighted by atomic mass is 10.0. The van der Waals surface area contributed by atoms with E-state index in [2.05, 4.69) is 67.8 Å². The summed E-state index contributed by atoms with van der Waals surface area (Å²) in [5.74, 6) is -9.27. The fraction of sp³-hybridized carbons (Fsp3) is 0.725. The third-order valence-corrected chi connectivity index (χ3v) is 12.7. The van der Waals surface area contributed by atoms with Gasteiger partial charge in [-0.05, 0) is 129 Å². The van der Waals surface area contributed by atoms with Crippen molar-refractivity contribution >= 4 is 82.9 Å². The quantitative estimate of drug-likeness (QED) is 0.0153. The highest BCUT2D eigenvalue weighted by molar-refractivity contribution is 5.98. The van der Waals surface area contributed by atoms with Gasteiger partial charge in [-0.15, -0.1) is 0 Å². The van der Waals surface area contributed by atoms with Crippen LogP contribution in [0.15, 0.2) is 20.0 Å². The predicted octanol–water partition coefficient (Wildman–Crippen LogP) is -8.23. The number of amides is 10. The number of nitrogens with two attached hydrogens (primary N) is 11. The van der Waals surface area contributed by atoms with Crippen LogP contribution in [-0.2, 0) is 47.9 Å². The number of carbonyl (C=O) groups excluding carboxylic acids is 10. The van der Waals surface area contributed by atoms with Crippen LogP contribution in [0.4, 0.5) is 0 Å². The standard InChI is InChI=1S/C51H100N24O11/c1-27(2)26-37(74-45(84)34(17-11-23-64-49(57)58)69-40(79)28(3)67-41(80)31(68-30(5)77)16-10-22-63-48(55)56)47(86)73-35(18-12-24-65-50(59)60)44(83)71-32(14-6-8-20-52)42(81)70-33(15-7-9-21-53)43(82)72-36(19-13-25-66-51(61)62)46(85)75-38(29(4)76)39(54)78/h27-29,31-38,76H,6-26,52-53H2,1-5H3,(H2,54,78)(H,67,80)(H,68,77)(H,69,79)(H,70,81)(H,71,83)(H,72,82)(H,73,86)(H,74,84)(H,75,85)(H4,55,56,63)(H4,57,58,64)(H4,59,60,65)(H4,61,62,66)/t28-,29+,31-,32-,33-,34-,35-,36-,37-,38-/m0/s1. The van der Waals surface area contributed by atoms with Crippen molar-refractivity contribution in [2.75, 3.05) is 39.3 Å². The van der Waals surface area contributed by atoms with E-state index in [0.717, 1.165) is 0 Å². The fourth-order valence-corrected chi connectivity index (χ4v) is 8.28. The SMILES string of the molecule is CC(=O)N[C@@H](CCCN=C(N)N)C(=O)N[C@@H](C)C(=O)N[C@@H](CCCN=C(N)N)C(=O)N[C@@H](CC(C)C)C(=O)N[C@@H](CCCN=C(N)N)C(=O)N[C@@H](CCCCN)C(=O)N[C@@H](CCCCN)C(=O)N[C@@H](CCCN=C(N)N)C(=O)N[C@H](C(N)=O)[C@@H](C)O. The van der Waals surface area contributed by atoms with Crippen LogP contribution in [0, 0.1) is 5.92 Å². The Labute approximate surface area is 502 Å². The van der Waals surface area contributed by atoms with Gasteiger partial charge in [-0.25, -0.2) is 0 Å². The van der Waals surface area contributed by atoms with E-state index in [9.17, 15) is 53.1 Å². The Balaban J connectivity index is 7.10. The Morgan fingerprint density at radius 1 is 0.360 bits per heavy atom. The van der Waals surface area contributed by atoms with Crippen molar-refractivity contribution in [1.82, 2.24) is 47.9 Å². The van der Waals surface area contributed by atoms with Gasteiger partial charge in [-0.1, -0.05) is 13.8 Å². The molecule has 86 heavy (non-hydrogen) atoms. The molecular weight excluding hydrogens is 1120 g/mol. The number of hydrogen-bond donors (Lipinski definition) is 21. The van der Waals surface area contributed by atoms with Gasteiger partial charge >= 0.3 is 0 Å². The highest BCUT2D eigenvalue weighted by atomic mass is 16.3. The molecule has 32 N–H and O–H groups in total. The minimum absolute atomic E-state index is 0.00496. The maximum Gasteiger partial charge on any atom is 0.243 e. The number of aliphatic hydroxyl groups excluding tert-OH is 1. The predicted molar refractivity (Wildman–Crippen MR) is 325 cm³/mol. The third-order valence-electron chi connectivity index (χ3n) is 12.7. The molecule has 490 valence electrons. The molecule has 0 saturated heterocycles. The normalized spacial score (nSPS) is 14.4. The molecule has 0 aromatic heterocycles. The van der Waals surface area contributed by atoms with Gasteiger partial charge in [0.25, 0.3) is 0 Å². The summed E-state index contributed by atoms with van der Waals surface area (Å²) in [7, 11) is 0. The topological polar surface area (TPSA) is 635 Å². The fourth-order valence-electron chi connectivity index (χ4n) is 8.28. The van der Waals surface area contributed by atoms with Crippen LogP contribution >= 0.6 is 0 Å². The Morgan fingerprint density at radius 3 is 0.907 bits per heavy atom. The minimum atomic E-state index is -1.53. The molecule has 0 heterocycles. The number of nitrogens with one attached hydrogen (secondary N) is 9. The summed E-state index contributed by atoms with van der Waals surface area (Å²) in [4.78, 5) is 152. The summed E-state index contributed by atoms with van der Waals surface area (Å²) in [6.45, 7) is 8.06. The molecule has 0 rings (SSSR count). The van der Waals surface area contributed by atoms with Crippen molar-refractivity contribution in [2.24, 2.45) is 89.0 Å². The van der Waals surface area contributed by atoms with Crippen LogP contribution in [0.3, 0.4) is 0 Å². The smallest absolute Gasteiger partial charge is 0.243 e.